The summed E-state index contributed by atoms with van der Waals surface area (Å²) in [7, 11) is 3.41. The zero-order chi connectivity index (χ0) is 16.1. The van der Waals surface area contributed by atoms with Crippen LogP contribution in [-0.2, 0) is 0 Å². The average molecular weight is 369 g/mol. The summed E-state index contributed by atoms with van der Waals surface area (Å²) in [5.41, 5.74) is 2.33. The Bertz CT molecular complexity index is 528. The second kappa shape index (κ2) is 7.99. The minimum atomic E-state index is 0.261. The van der Waals surface area contributed by atoms with Crippen LogP contribution in [0.1, 0.15) is 24.9 Å². The average Bonchev–Trinajstić information content (AvgIpc) is 2.53. The summed E-state index contributed by atoms with van der Waals surface area (Å²) in [6.45, 7) is 10.3. The van der Waals surface area contributed by atoms with E-state index < -0.39 is 0 Å². The first-order valence-electron chi connectivity index (χ1n) is 7.57. The van der Waals surface area contributed by atoms with Crippen molar-refractivity contribution in [2.75, 3.05) is 40.4 Å². The third kappa shape index (κ3) is 4.03. The van der Waals surface area contributed by atoms with Crippen molar-refractivity contribution in [3.63, 3.8) is 0 Å². The largest absolute Gasteiger partial charge is 0.496 e. The van der Waals surface area contributed by atoms with Crippen LogP contribution >= 0.6 is 15.9 Å². The van der Waals surface area contributed by atoms with E-state index in [1.165, 1.54) is 5.57 Å². The number of rotatable bonds is 6. The van der Waals surface area contributed by atoms with E-state index in [0.29, 0.717) is 0 Å². The molecule has 0 unspecified atom stereocenters. The van der Waals surface area contributed by atoms with Crippen molar-refractivity contribution < 1.29 is 9.47 Å². The molecule has 1 fully saturated rings. The fraction of sp³-hybridized carbons (Fsp3) is 0.529. The van der Waals surface area contributed by atoms with Crippen LogP contribution in [0, 0.1) is 0 Å². The molecule has 1 aliphatic heterocycles. The quantitative estimate of drug-likeness (QED) is 0.780. The van der Waals surface area contributed by atoms with Crippen LogP contribution in [-0.4, -0.2) is 45.3 Å². The second-order valence-corrected chi connectivity index (χ2v) is 6.55. The number of ether oxygens (including phenoxy) is 2. The third-order valence-corrected chi connectivity index (χ3v) is 4.62. The molecule has 0 bridgehead atoms. The molecule has 0 radical (unpaired) electrons. The van der Waals surface area contributed by atoms with Crippen molar-refractivity contribution in [1.29, 1.82) is 0 Å². The Morgan fingerprint density at radius 2 is 1.91 bits per heavy atom. The van der Waals surface area contributed by atoms with Crippen molar-refractivity contribution in [3.05, 3.63) is 34.3 Å². The van der Waals surface area contributed by atoms with E-state index in [1.807, 2.05) is 6.07 Å². The van der Waals surface area contributed by atoms with Gasteiger partial charge >= 0.3 is 0 Å². The van der Waals surface area contributed by atoms with E-state index in [-0.39, 0.29) is 6.04 Å². The topological polar surface area (TPSA) is 33.7 Å². The van der Waals surface area contributed by atoms with Gasteiger partial charge in [-0.25, -0.2) is 0 Å². The molecule has 1 atom stereocenters. The number of methoxy groups -OCH3 is 2. The lowest BCUT2D eigenvalue weighted by Crippen LogP contribution is -2.45. The standard InChI is InChI=1S/C17H25BrN2O2/c1-12(2)9-15(20-7-5-19-6-8-20)13-10-17(22-4)14(18)11-16(13)21-3/h10-11,15,19H,1,5-9H2,2-4H3/t15-/m0/s1. The van der Waals surface area contributed by atoms with Crippen molar-refractivity contribution >= 4 is 15.9 Å². The normalized spacial score (nSPS) is 17.1. The van der Waals surface area contributed by atoms with Crippen LogP contribution in [0.15, 0.2) is 28.8 Å². The number of piperazine rings is 1. The summed E-state index contributed by atoms with van der Waals surface area (Å²) in [6, 6.07) is 4.33. The fourth-order valence-corrected chi connectivity index (χ4v) is 3.39. The van der Waals surface area contributed by atoms with Gasteiger partial charge in [-0.1, -0.05) is 5.57 Å². The fourth-order valence-electron chi connectivity index (χ4n) is 2.90. The molecule has 1 aromatic carbocycles. The molecule has 0 spiro atoms. The highest BCUT2D eigenvalue weighted by Gasteiger charge is 2.26. The molecule has 1 aliphatic rings. The minimum Gasteiger partial charge on any atom is -0.496 e. The van der Waals surface area contributed by atoms with Crippen molar-refractivity contribution in [3.8, 4) is 11.5 Å². The van der Waals surface area contributed by atoms with E-state index >= 15 is 0 Å². The molecule has 4 nitrogen and oxygen atoms in total. The van der Waals surface area contributed by atoms with Gasteiger partial charge in [-0.15, -0.1) is 6.58 Å². The Kier molecular flexibility index (Phi) is 6.29. The van der Waals surface area contributed by atoms with Crippen LogP contribution in [0.3, 0.4) is 0 Å². The van der Waals surface area contributed by atoms with Gasteiger partial charge < -0.3 is 14.8 Å². The Morgan fingerprint density at radius 3 is 2.45 bits per heavy atom. The minimum absolute atomic E-state index is 0.261. The highest BCUT2D eigenvalue weighted by molar-refractivity contribution is 9.10. The molecule has 122 valence electrons. The maximum absolute atomic E-state index is 5.62. The first-order valence-corrected chi connectivity index (χ1v) is 8.36. The number of hydrogen-bond acceptors (Lipinski definition) is 4. The molecule has 0 aliphatic carbocycles. The van der Waals surface area contributed by atoms with Gasteiger partial charge in [0.25, 0.3) is 0 Å². The number of nitrogens with zero attached hydrogens (tertiary/aromatic N) is 1. The molecule has 0 saturated carbocycles. The van der Waals surface area contributed by atoms with Gasteiger partial charge in [-0.05, 0) is 41.4 Å². The van der Waals surface area contributed by atoms with Crippen LogP contribution < -0.4 is 14.8 Å². The van der Waals surface area contributed by atoms with E-state index in [0.717, 1.165) is 54.1 Å². The van der Waals surface area contributed by atoms with Crippen LogP contribution in [0.5, 0.6) is 11.5 Å². The van der Waals surface area contributed by atoms with E-state index in [9.17, 15) is 0 Å². The van der Waals surface area contributed by atoms with Crippen molar-refractivity contribution in [2.45, 2.75) is 19.4 Å². The Balaban J connectivity index is 2.42. The molecular weight excluding hydrogens is 344 g/mol. The highest BCUT2D eigenvalue weighted by Crippen LogP contribution is 2.40. The monoisotopic (exact) mass is 368 g/mol. The van der Waals surface area contributed by atoms with E-state index in [1.54, 1.807) is 14.2 Å². The van der Waals surface area contributed by atoms with Gasteiger partial charge in [0, 0.05) is 37.8 Å². The first kappa shape index (κ1) is 17.3. The third-order valence-electron chi connectivity index (χ3n) is 4.00. The lowest BCUT2D eigenvalue weighted by atomic mass is 9.96. The molecule has 1 heterocycles. The zero-order valence-electron chi connectivity index (χ0n) is 13.6. The Morgan fingerprint density at radius 1 is 1.27 bits per heavy atom. The van der Waals surface area contributed by atoms with Crippen LogP contribution in [0.4, 0.5) is 0 Å². The second-order valence-electron chi connectivity index (χ2n) is 5.69. The van der Waals surface area contributed by atoms with Gasteiger partial charge in [0.15, 0.2) is 0 Å². The molecule has 5 heteroatoms. The van der Waals surface area contributed by atoms with Crippen LogP contribution in [0.25, 0.3) is 0 Å². The van der Waals surface area contributed by atoms with Gasteiger partial charge in [-0.3, -0.25) is 4.90 Å². The molecule has 22 heavy (non-hydrogen) atoms. The Labute approximate surface area is 141 Å². The summed E-state index contributed by atoms with van der Waals surface area (Å²) in [5.74, 6) is 1.72. The summed E-state index contributed by atoms with van der Waals surface area (Å²) in [4.78, 5) is 2.50. The number of hydrogen-bond donors (Lipinski definition) is 1. The molecule has 0 amide bonds. The predicted octanol–water partition coefficient (Wildman–Crippen LogP) is 3.38. The summed E-state index contributed by atoms with van der Waals surface area (Å²) in [5, 5.41) is 3.41. The number of nitrogens with one attached hydrogen (secondary N) is 1. The predicted molar refractivity (Wildman–Crippen MR) is 93.9 cm³/mol. The van der Waals surface area contributed by atoms with Gasteiger partial charge in [-0.2, -0.15) is 0 Å². The molecule has 2 rings (SSSR count). The maximum Gasteiger partial charge on any atom is 0.133 e. The highest BCUT2D eigenvalue weighted by atomic mass is 79.9. The molecule has 1 saturated heterocycles. The lowest BCUT2D eigenvalue weighted by molar-refractivity contribution is 0.169. The summed E-state index contributed by atoms with van der Waals surface area (Å²) >= 11 is 3.53. The van der Waals surface area contributed by atoms with Gasteiger partial charge in [0.05, 0.1) is 18.7 Å². The summed E-state index contributed by atoms with van der Waals surface area (Å²) in [6.07, 6.45) is 0.918. The van der Waals surface area contributed by atoms with E-state index in [4.69, 9.17) is 9.47 Å². The van der Waals surface area contributed by atoms with Crippen LogP contribution in [0.2, 0.25) is 0 Å². The summed E-state index contributed by atoms with van der Waals surface area (Å²) < 4.78 is 12.0. The Hall–Kier alpha value is -1.04. The number of halogens is 1. The van der Waals surface area contributed by atoms with Gasteiger partial charge in [0.1, 0.15) is 11.5 Å². The maximum atomic E-state index is 5.62. The molecular formula is C17H25BrN2O2. The molecule has 1 aromatic rings. The lowest BCUT2D eigenvalue weighted by Gasteiger charge is -2.36. The SMILES string of the molecule is C=C(C)C[C@@H](c1cc(OC)c(Br)cc1OC)N1CCNCC1. The zero-order valence-corrected chi connectivity index (χ0v) is 15.2. The van der Waals surface area contributed by atoms with Crippen molar-refractivity contribution in [1.82, 2.24) is 10.2 Å². The smallest absolute Gasteiger partial charge is 0.133 e. The molecule has 1 N–H and O–H groups in total. The first-order chi connectivity index (χ1) is 10.6. The number of benzene rings is 1. The van der Waals surface area contributed by atoms with Crippen molar-refractivity contribution in [2.24, 2.45) is 0 Å². The van der Waals surface area contributed by atoms with E-state index in [2.05, 4.69) is 45.7 Å². The van der Waals surface area contributed by atoms with Gasteiger partial charge in [0.2, 0.25) is 0 Å². The molecule has 0 aromatic heterocycles.